The quantitative estimate of drug-likeness (QED) is 0.344. The van der Waals surface area contributed by atoms with Gasteiger partial charge in [0, 0.05) is 6.07 Å². The summed E-state index contributed by atoms with van der Waals surface area (Å²) in [6.07, 6.45) is 0. The maximum absolute atomic E-state index is 12.6. The third kappa shape index (κ3) is 1.70. The Morgan fingerprint density at radius 1 is 1.00 bits per heavy atom. The summed E-state index contributed by atoms with van der Waals surface area (Å²) in [6, 6.07) is -0.179. The summed E-state index contributed by atoms with van der Waals surface area (Å²) in [6.45, 7) is 0. The summed E-state index contributed by atoms with van der Waals surface area (Å²) in [7, 11) is -5.26. The molecule has 8 heteroatoms. The fraction of sp³-hybridized carbons (Fsp3) is 0. The molecule has 0 heterocycles. The first kappa shape index (κ1) is 10.9. The van der Waals surface area contributed by atoms with Crippen LogP contribution in [-0.2, 0) is 10.1 Å². The first-order valence-electron chi connectivity index (χ1n) is 3.05. The van der Waals surface area contributed by atoms with E-state index in [0.29, 0.717) is 0 Å². The smallest absolute Gasteiger partial charge is 0.282 e. The van der Waals surface area contributed by atoms with Gasteiger partial charge < -0.3 is 0 Å². The van der Waals surface area contributed by atoms with Crippen molar-refractivity contribution >= 4 is 10.1 Å². The van der Waals surface area contributed by atoms with Crippen LogP contribution in [0.2, 0.25) is 0 Å². The number of hydrogen-bond acceptors (Lipinski definition) is 2. The highest BCUT2D eigenvalue weighted by atomic mass is 32.2. The summed E-state index contributed by atoms with van der Waals surface area (Å²) in [5, 5.41) is 0. The molecule has 14 heavy (non-hydrogen) atoms. The molecule has 0 aliphatic rings. The summed E-state index contributed by atoms with van der Waals surface area (Å²) >= 11 is 0. The molecule has 0 fully saturated rings. The Morgan fingerprint density at radius 3 is 1.93 bits per heavy atom. The van der Waals surface area contributed by atoms with Gasteiger partial charge in [-0.3, -0.25) is 4.55 Å². The lowest BCUT2D eigenvalue weighted by molar-refractivity contribution is 0.400. The van der Waals surface area contributed by atoms with Crippen LogP contribution < -0.4 is 0 Å². The fourth-order valence-corrected chi connectivity index (χ4v) is 1.41. The molecule has 0 radical (unpaired) electrons. The largest absolute Gasteiger partial charge is 0.300 e. The van der Waals surface area contributed by atoms with Crippen molar-refractivity contribution < 1.29 is 30.5 Å². The zero-order valence-corrected chi connectivity index (χ0v) is 7.08. The molecule has 1 rings (SSSR count). The Labute approximate surface area is 75.7 Å². The van der Waals surface area contributed by atoms with E-state index >= 15 is 0 Å². The molecular formula is C6H2F4O3S. The molecule has 0 saturated heterocycles. The van der Waals surface area contributed by atoms with Crippen LogP contribution in [0.5, 0.6) is 0 Å². The van der Waals surface area contributed by atoms with Gasteiger partial charge in [-0.1, -0.05) is 0 Å². The van der Waals surface area contributed by atoms with Crippen molar-refractivity contribution in [3.05, 3.63) is 29.3 Å². The second-order valence-electron chi connectivity index (χ2n) is 2.27. The van der Waals surface area contributed by atoms with Gasteiger partial charge in [0.2, 0.25) is 0 Å². The van der Waals surface area contributed by atoms with Gasteiger partial charge in [-0.25, -0.2) is 17.6 Å². The van der Waals surface area contributed by atoms with E-state index in [-0.39, 0.29) is 6.07 Å². The van der Waals surface area contributed by atoms with Crippen molar-refractivity contribution in [3.63, 3.8) is 0 Å². The highest BCUT2D eigenvalue weighted by Crippen LogP contribution is 2.22. The summed E-state index contributed by atoms with van der Waals surface area (Å²) in [5.74, 6) is -8.24. The molecular weight excluding hydrogens is 228 g/mol. The maximum atomic E-state index is 12.6. The van der Waals surface area contributed by atoms with Crippen molar-refractivity contribution in [1.29, 1.82) is 0 Å². The molecule has 0 aromatic heterocycles. The summed E-state index contributed by atoms with van der Waals surface area (Å²) in [4.78, 5) is -1.91. The highest BCUT2D eigenvalue weighted by molar-refractivity contribution is 7.85. The van der Waals surface area contributed by atoms with Gasteiger partial charge in [-0.2, -0.15) is 8.42 Å². The van der Waals surface area contributed by atoms with Crippen molar-refractivity contribution in [1.82, 2.24) is 0 Å². The standard InChI is InChI=1S/C6H2F4O3S/c7-2-1-3(8)6(14(11,12)13)5(10)4(2)9/h1H,(H,11,12,13). The Balaban J connectivity index is 3.70. The number of halogens is 4. The van der Waals surface area contributed by atoms with Crippen molar-refractivity contribution in [2.75, 3.05) is 0 Å². The molecule has 0 bridgehead atoms. The fourth-order valence-electron chi connectivity index (χ4n) is 0.786. The average molecular weight is 230 g/mol. The Kier molecular flexibility index (Phi) is 2.50. The van der Waals surface area contributed by atoms with Gasteiger partial charge >= 0.3 is 10.1 Å². The average Bonchev–Trinajstić information content (AvgIpc) is 1.97. The summed E-state index contributed by atoms with van der Waals surface area (Å²) < 4.78 is 78.8. The second-order valence-corrected chi connectivity index (χ2v) is 3.63. The van der Waals surface area contributed by atoms with Gasteiger partial charge in [0.05, 0.1) is 0 Å². The van der Waals surface area contributed by atoms with E-state index in [1.54, 1.807) is 0 Å². The van der Waals surface area contributed by atoms with E-state index in [2.05, 4.69) is 0 Å². The lowest BCUT2D eigenvalue weighted by Gasteiger charge is -2.02. The molecule has 1 aromatic carbocycles. The third-order valence-corrected chi connectivity index (χ3v) is 2.22. The minimum atomic E-state index is -5.26. The predicted octanol–water partition coefficient (Wildman–Crippen LogP) is 1.49. The minimum absolute atomic E-state index is 0.179. The zero-order valence-electron chi connectivity index (χ0n) is 6.26. The van der Waals surface area contributed by atoms with Crippen LogP contribution >= 0.6 is 0 Å². The second kappa shape index (κ2) is 3.21. The van der Waals surface area contributed by atoms with Crippen LogP contribution in [0.3, 0.4) is 0 Å². The SMILES string of the molecule is O=S(=O)(O)c1c(F)cc(F)c(F)c1F. The number of hydrogen-bond donors (Lipinski definition) is 1. The Bertz CT molecular complexity index is 482. The third-order valence-electron chi connectivity index (χ3n) is 1.33. The Hall–Kier alpha value is -1.15. The molecule has 78 valence electrons. The van der Waals surface area contributed by atoms with Gasteiger partial charge in [0.25, 0.3) is 0 Å². The normalized spacial score (nSPS) is 11.8. The number of benzene rings is 1. The molecule has 3 nitrogen and oxygen atoms in total. The first-order chi connectivity index (χ1) is 6.25. The summed E-state index contributed by atoms with van der Waals surface area (Å²) in [5.41, 5.74) is 0. The predicted molar refractivity (Wildman–Crippen MR) is 36.1 cm³/mol. The van der Waals surface area contributed by atoms with E-state index in [9.17, 15) is 26.0 Å². The minimum Gasteiger partial charge on any atom is -0.282 e. The van der Waals surface area contributed by atoms with E-state index in [1.807, 2.05) is 0 Å². The van der Waals surface area contributed by atoms with Gasteiger partial charge in [-0.15, -0.1) is 0 Å². The van der Waals surface area contributed by atoms with Crippen molar-refractivity contribution in [2.45, 2.75) is 4.90 Å². The van der Waals surface area contributed by atoms with Gasteiger partial charge in [0.15, 0.2) is 22.3 Å². The zero-order chi connectivity index (χ0) is 11.1. The van der Waals surface area contributed by atoms with Crippen LogP contribution in [-0.4, -0.2) is 13.0 Å². The molecule has 0 aliphatic carbocycles. The molecule has 0 unspecified atom stereocenters. The lowest BCUT2D eigenvalue weighted by atomic mass is 10.3. The molecule has 0 atom stereocenters. The molecule has 0 spiro atoms. The topological polar surface area (TPSA) is 54.4 Å². The molecule has 0 aliphatic heterocycles. The van der Waals surface area contributed by atoms with Crippen LogP contribution in [0, 0.1) is 23.3 Å². The molecule has 0 saturated carbocycles. The monoisotopic (exact) mass is 230 g/mol. The molecule has 0 amide bonds. The highest BCUT2D eigenvalue weighted by Gasteiger charge is 2.27. The van der Waals surface area contributed by atoms with E-state index in [0.717, 1.165) is 0 Å². The van der Waals surface area contributed by atoms with Crippen LogP contribution in [0.15, 0.2) is 11.0 Å². The molecule has 1 N–H and O–H groups in total. The van der Waals surface area contributed by atoms with Crippen LogP contribution in [0.4, 0.5) is 17.6 Å². The van der Waals surface area contributed by atoms with E-state index < -0.39 is 38.3 Å². The number of rotatable bonds is 1. The Morgan fingerprint density at radius 2 is 1.50 bits per heavy atom. The van der Waals surface area contributed by atoms with Crippen molar-refractivity contribution in [2.24, 2.45) is 0 Å². The van der Waals surface area contributed by atoms with Crippen LogP contribution in [0.25, 0.3) is 0 Å². The van der Waals surface area contributed by atoms with Gasteiger partial charge in [-0.05, 0) is 0 Å². The lowest BCUT2D eigenvalue weighted by Crippen LogP contribution is -2.08. The van der Waals surface area contributed by atoms with Crippen molar-refractivity contribution in [3.8, 4) is 0 Å². The van der Waals surface area contributed by atoms with E-state index in [1.165, 1.54) is 0 Å². The van der Waals surface area contributed by atoms with Crippen LogP contribution in [0.1, 0.15) is 0 Å². The maximum Gasteiger partial charge on any atom is 0.300 e. The first-order valence-corrected chi connectivity index (χ1v) is 4.49. The van der Waals surface area contributed by atoms with Gasteiger partial charge in [0.1, 0.15) is 5.82 Å². The molecule has 1 aromatic rings. The van der Waals surface area contributed by atoms with E-state index in [4.69, 9.17) is 4.55 Å².